The molecule has 0 aliphatic carbocycles. The van der Waals surface area contributed by atoms with E-state index in [0.717, 1.165) is 6.42 Å². The van der Waals surface area contributed by atoms with E-state index in [-0.39, 0.29) is 24.4 Å². The van der Waals surface area contributed by atoms with Gasteiger partial charge >= 0.3 is 0 Å². The molecule has 2 atom stereocenters. The lowest BCUT2D eigenvalue weighted by Gasteiger charge is -2.32. The molecule has 0 bridgehead atoms. The molecule has 2 amide bonds. The maximum Gasteiger partial charge on any atom is 0.241 e. The normalized spacial score (nSPS) is 33.7. The molecule has 2 fully saturated rings. The highest BCUT2D eigenvalue weighted by Crippen LogP contribution is 2.29. The Bertz CT molecular complexity index is 360. The Kier molecular flexibility index (Phi) is 3.59. The second-order valence-electron chi connectivity index (χ2n) is 5.43. The van der Waals surface area contributed by atoms with Gasteiger partial charge in [0.2, 0.25) is 11.8 Å². The Morgan fingerprint density at radius 2 is 2.22 bits per heavy atom. The molecule has 0 aromatic carbocycles. The van der Waals surface area contributed by atoms with Crippen LogP contribution < -0.4 is 5.73 Å². The van der Waals surface area contributed by atoms with Gasteiger partial charge in [-0.05, 0) is 13.3 Å². The molecular weight excluding hydrogens is 234 g/mol. The van der Waals surface area contributed by atoms with Gasteiger partial charge in [0.1, 0.15) is 0 Å². The molecule has 2 unspecified atom stereocenters. The maximum absolute atomic E-state index is 12.5. The van der Waals surface area contributed by atoms with Crippen LogP contribution in [0, 0.1) is 5.41 Å². The molecule has 2 aliphatic heterocycles. The molecule has 2 heterocycles. The van der Waals surface area contributed by atoms with Crippen LogP contribution >= 0.6 is 0 Å². The SMILES string of the molecule is CN1CCCN(C(=O)C2(C)COCC2N)CC1=O. The minimum Gasteiger partial charge on any atom is -0.379 e. The van der Waals surface area contributed by atoms with E-state index in [1.807, 2.05) is 6.92 Å². The lowest BCUT2D eigenvalue weighted by Crippen LogP contribution is -2.52. The molecule has 0 aromatic rings. The van der Waals surface area contributed by atoms with E-state index in [2.05, 4.69) is 0 Å². The third kappa shape index (κ3) is 2.22. The largest absolute Gasteiger partial charge is 0.379 e. The molecule has 2 rings (SSSR count). The summed E-state index contributed by atoms with van der Waals surface area (Å²) in [5, 5.41) is 0. The molecular formula is C12H21N3O3. The summed E-state index contributed by atoms with van der Waals surface area (Å²) in [6.07, 6.45) is 0.806. The average Bonchev–Trinajstić information content (AvgIpc) is 2.58. The number of nitrogens with two attached hydrogens (primary N) is 1. The van der Waals surface area contributed by atoms with Gasteiger partial charge in [-0.15, -0.1) is 0 Å². The highest BCUT2D eigenvalue weighted by atomic mass is 16.5. The molecule has 2 N–H and O–H groups in total. The summed E-state index contributed by atoms with van der Waals surface area (Å²) >= 11 is 0. The van der Waals surface area contributed by atoms with E-state index in [1.54, 1.807) is 16.8 Å². The van der Waals surface area contributed by atoms with E-state index in [1.165, 1.54) is 0 Å². The van der Waals surface area contributed by atoms with E-state index in [9.17, 15) is 9.59 Å². The number of hydrogen-bond acceptors (Lipinski definition) is 4. The molecule has 2 aliphatic rings. The number of nitrogens with zero attached hydrogens (tertiary/aromatic N) is 2. The second-order valence-corrected chi connectivity index (χ2v) is 5.43. The fourth-order valence-corrected chi connectivity index (χ4v) is 2.43. The first kappa shape index (κ1) is 13.3. The number of carbonyl (C=O) groups is 2. The molecule has 18 heavy (non-hydrogen) atoms. The van der Waals surface area contributed by atoms with Crippen LogP contribution in [0.3, 0.4) is 0 Å². The number of rotatable bonds is 1. The summed E-state index contributed by atoms with van der Waals surface area (Å²) < 4.78 is 5.30. The van der Waals surface area contributed by atoms with Crippen molar-refractivity contribution in [3.05, 3.63) is 0 Å². The third-order valence-electron chi connectivity index (χ3n) is 3.97. The van der Waals surface area contributed by atoms with Crippen molar-refractivity contribution in [3.63, 3.8) is 0 Å². The summed E-state index contributed by atoms with van der Waals surface area (Å²) in [5.74, 6) is -0.0758. The Morgan fingerprint density at radius 3 is 2.83 bits per heavy atom. The number of amides is 2. The van der Waals surface area contributed by atoms with Gasteiger partial charge < -0.3 is 20.3 Å². The molecule has 0 radical (unpaired) electrons. The standard InChI is InChI=1S/C12H21N3O3/c1-12(8-18-7-9(12)13)11(17)15-5-3-4-14(2)10(16)6-15/h9H,3-8,13H2,1-2H3. The van der Waals surface area contributed by atoms with Gasteiger partial charge in [0.15, 0.2) is 0 Å². The quantitative estimate of drug-likeness (QED) is 0.655. The van der Waals surface area contributed by atoms with Crippen molar-refractivity contribution in [2.75, 3.05) is 39.9 Å². The van der Waals surface area contributed by atoms with E-state index >= 15 is 0 Å². The zero-order chi connectivity index (χ0) is 13.3. The van der Waals surface area contributed by atoms with Crippen molar-refractivity contribution in [1.82, 2.24) is 9.80 Å². The van der Waals surface area contributed by atoms with Crippen LogP contribution in [0.1, 0.15) is 13.3 Å². The summed E-state index contributed by atoms with van der Waals surface area (Å²) in [7, 11) is 1.77. The Balaban J connectivity index is 2.11. The van der Waals surface area contributed by atoms with Crippen LogP contribution in [0.15, 0.2) is 0 Å². The van der Waals surface area contributed by atoms with Gasteiger partial charge in [-0.1, -0.05) is 0 Å². The fraction of sp³-hybridized carbons (Fsp3) is 0.833. The first-order valence-corrected chi connectivity index (χ1v) is 6.32. The highest BCUT2D eigenvalue weighted by molar-refractivity contribution is 5.88. The van der Waals surface area contributed by atoms with Crippen molar-refractivity contribution in [2.45, 2.75) is 19.4 Å². The Hall–Kier alpha value is -1.14. The van der Waals surface area contributed by atoms with Crippen LogP contribution in [0.25, 0.3) is 0 Å². The van der Waals surface area contributed by atoms with Gasteiger partial charge in [0, 0.05) is 26.2 Å². The zero-order valence-electron chi connectivity index (χ0n) is 11.0. The molecule has 0 spiro atoms. The van der Waals surface area contributed by atoms with Crippen molar-refractivity contribution in [2.24, 2.45) is 11.1 Å². The molecule has 6 nitrogen and oxygen atoms in total. The van der Waals surface area contributed by atoms with Gasteiger partial charge in [-0.25, -0.2) is 0 Å². The molecule has 2 saturated heterocycles. The van der Waals surface area contributed by atoms with Gasteiger partial charge in [0.25, 0.3) is 0 Å². The van der Waals surface area contributed by atoms with E-state index < -0.39 is 5.41 Å². The summed E-state index contributed by atoms with van der Waals surface area (Å²) in [5.41, 5.74) is 5.26. The average molecular weight is 255 g/mol. The lowest BCUT2D eigenvalue weighted by molar-refractivity contribution is -0.145. The molecule has 0 aromatic heterocycles. The fourth-order valence-electron chi connectivity index (χ4n) is 2.43. The predicted octanol–water partition coefficient (Wildman–Crippen LogP) is -0.959. The monoisotopic (exact) mass is 255 g/mol. The molecule has 0 saturated carbocycles. The first-order valence-electron chi connectivity index (χ1n) is 6.32. The van der Waals surface area contributed by atoms with Crippen LogP contribution in [0.5, 0.6) is 0 Å². The third-order valence-corrected chi connectivity index (χ3v) is 3.97. The summed E-state index contributed by atoms with van der Waals surface area (Å²) in [4.78, 5) is 27.6. The van der Waals surface area contributed by atoms with Crippen molar-refractivity contribution in [3.8, 4) is 0 Å². The first-order chi connectivity index (χ1) is 8.45. The zero-order valence-corrected chi connectivity index (χ0v) is 11.0. The molecule has 6 heteroatoms. The van der Waals surface area contributed by atoms with Crippen molar-refractivity contribution < 1.29 is 14.3 Å². The smallest absolute Gasteiger partial charge is 0.241 e. The maximum atomic E-state index is 12.5. The van der Waals surface area contributed by atoms with Crippen LogP contribution in [-0.4, -0.2) is 67.6 Å². The number of ether oxygens (including phenoxy) is 1. The Labute approximate surface area is 107 Å². The number of likely N-dealkylation sites (N-methyl/N-ethyl adjacent to an activating group) is 1. The molecule has 102 valence electrons. The minimum atomic E-state index is -0.691. The second kappa shape index (κ2) is 4.85. The van der Waals surface area contributed by atoms with E-state index in [4.69, 9.17) is 10.5 Å². The topological polar surface area (TPSA) is 75.9 Å². The number of carbonyl (C=O) groups excluding carboxylic acids is 2. The van der Waals surface area contributed by atoms with Crippen LogP contribution in [0.2, 0.25) is 0 Å². The lowest BCUT2D eigenvalue weighted by atomic mass is 9.84. The Morgan fingerprint density at radius 1 is 1.50 bits per heavy atom. The number of hydrogen-bond donors (Lipinski definition) is 1. The van der Waals surface area contributed by atoms with Gasteiger partial charge in [-0.2, -0.15) is 0 Å². The van der Waals surface area contributed by atoms with Crippen molar-refractivity contribution in [1.29, 1.82) is 0 Å². The summed E-state index contributed by atoms with van der Waals surface area (Å²) in [6.45, 7) is 4.03. The van der Waals surface area contributed by atoms with Crippen LogP contribution in [-0.2, 0) is 14.3 Å². The summed E-state index contributed by atoms with van der Waals surface area (Å²) in [6, 6.07) is -0.291. The minimum absolute atomic E-state index is 0.0167. The van der Waals surface area contributed by atoms with Gasteiger partial charge in [0.05, 0.1) is 25.2 Å². The predicted molar refractivity (Wildman–Crippen MR) is 65.7 cm³/mol. The highest BCUT2D eigenvalue weighted by Gasteiger charge is 2.46. The van der Waals surface area contributed by atoms with Crippen molar-refractivity contribution >= 4 is 11.8 Å². The van der Waals surface area contributed by atoms with Gasteiger partial charge in [-0.3, -0.25) is 9.59 Å². The van der Waals surface area contributed by atoms with E-state index in [0.29, 0.717) is 26.3 Å². The van der Waals surface area contributed by atoms with Crippen LogP contribution in [0.4, 0.5) is 0 Å².